The number of hydrogen-bond donors (Lipinski definition) is 0. The van der Waals surface area contributed by atoms with Crippen molar-refractivity contribution in [3.8, 4) is 5.69 Å². The monoisotopic (exact) mass is 425 g/mol. The van der Waals surface area contributed by atoms with E-state index in [0.29, 0.717) is 27.8 Å². The van der Waals surface area contributed by atoms with E-state index in [1.54, 1.807) is 35.1 Å². The Morgan fingerprint density at radius 2 is 1.38 bits per heavy atom. The molecule has 0 saturated heterocycles. The summed E-state index contributed by atoms with van der Waals surface area (Å²) >= 11 is 0. The molecule has 0 saturated carbocycles. The van der Waals surface area contributed by atoms with Crippen molar-refractivity contribution in [3.05, 3.63) is 77.4 Å². The number of hydrogen-bond acceptors (Lipinski definition) is 5. The third kappa shape index (κ3) is 3.05. The Balaban J connectivity index is 1.52. The Kier molecular flexibility index (Phi) is 4.74. The molecular weight excluding hydrogens is 402 g/mol. The van der Waals surface area contributed by atoms with E-state index >= 15 is 0 Å². The van der Waals surface area contributed by atoms with E-state index in [9.17, 15) is 9.59 Å². The molecule has 0 fully saturated rings. The minimum atomic E-state index is -0.313. The first-order valence-electron chi connectivity index (χ1n) is 10.7. The Hall–Kier alpha value is -4.00. The lowest BCUT2D eigenvalue weighted by molar-refractivity contribution is 0.0926. The van der Waals surface area contributed by atoms with Crippen LogP contribution in [0.5, 0.6) is 0 Å². The van der Waals surface area contributed by atoms with Crippen LogP contribution in [0.1, 0.15) is 40.1 Å². The Morgan fingerprint density at radius 3 is 1.94 bits per heavy atom. The molecule has 0 aliphatic carbocycles. The molecule has 2 heterocycles. The lowest BCUT2D eigenvalue weighted by Crippen LogP contribution is -2.30. The van der Waals surface area contributed by atoms with Crippen LogP contribution in [0.3, 0.4) is 0 Å². The zero-order valence-corrected chi connectivity index (χ0v) is 18.2. The summed E-state index contributed by atoms with van der Waals surface area (Å²) in [6, 6.07) is 18.6. The average molecular weight is 425 g/mol. The Morgan fingerprint density at radius 1 is 0.812 bits per heavy atom. The highest BCUT2D eigenvalue weighted by molar-refractivity contribution is 6.34. The molecule has 1 aliphatic heterocycles. The lowest BCUT2D eigenvalue weighted by Gasteiger charge is -2.20. The van der Waals surface area contributed by atoms with Gasteiger partial charge in [-0.15, -0.1) is 10.2 Å². The van der Waals surface area contributed by atoms with E-state index in [2.05, 4.69) is 41.1 Å². The van der Waals surface area contributed by atoms with Crippen LogP contribution >= 0.6 is 0 Å². The van der Waals surface area contributed by atoms with Crippen LogP contribution in [0, 0.1) is 6.92 Å². The number of rotatable bonds is 5. The summed E-state index contributed by atoms with van der Waals surface area (Å²) < 4.78 is 0. The van der Waals surface area contributed by atoms with E-state index < -0.39 is 0 Å². The number of amides is 2. The number of carbonyl (C=O) groups excluding carboxylic acids is 2. The van der Waals surface area contributed by atoms with Gasteiger partial charge in [-0.3, -0.25) is 9.59 Å². The van der Waals surface area contributed by atoms with Crippen molar-refractivity contribution < 1.29 is 9.59 Å². The molecule has 0 spiro atoms. The molecule has 1 aromatic heterocycles. The normalized spacial score (nSPS) is 13.2. The highest BCUT2D eigenvalue weighted by atomic mass is 16.2. The summed E-state index contributed by atoms with van der Waals surface area (Å²) in [6.45, 7) is 8.02. The zero-order chi connectivity index (χ0) is 22.4. The summed E-state index contributed by atoms with van der Waals surface area (Å²) in [5.41, 5.74) is 5.49. The number of benzene rings is 3. The fourth-order valence-corrected chi connectivity index (χ4v) is 4.21. The quantitative estimate of drug-likeness (QED) is 0.444. The molecule has 3 aromatic carbocycles. The minimum Gasteiger partial charge on any atom is -0.372 e. The number of nitrogens with zero attached hydrogens (tertiary/aromatic N) is 5. The predicted octanol–water partition coefficient (Wildman–Crippen LogP) is 4.38. The van der Waals surface area contributed by atoms with Crippen LogP contribution in [0.2, 0.25) is 0 Å². The second-order valence-corrected chi connectivity index (χ2v) is 7.80. The van der Waals surface area contributed by atoms with Gasteiger partial charge in [-0.1, -0.05) is 12.1 Å². The fraction of sp³-hybridized carbons (Fsp3) is 0.200. The van der Waals surface area contributed by atoms with Gasteiger partial charge in [-0.05, 0) is 74.9 Å². The van der Waals surface area contributed by atoms with Gasteiger partial charge >= 0.3 is 0 Å². The van der Waals surface area contributed by atoms with Crippen LogP contribution in [0.4, 0.5) is 11.4 Å². The van der Waals surface area contributed by atoms with Crippen molar-refractivity contribution in [2.24, 2.45) is 0 Å². The van der Waals surface area contributed by atoms with Crippen molar-refractivity contribution in [2.45, 2.75) is 20.8 Å². The third-order valence-electron chi connectivity index (χ3n) is 5.94. The van der Waals surface area contributed by atoms with Gasteiger partial charge in [0.15, 0.2) is 0 Å². The highest BCUT2D eigenvalue weighted by Crippen LogP contribution is 2.32. The summed E-state index contributed by atoms with van der Waals surface area (Å²) in [7, 11) is 0. The van der Waals surface area contributed by atoms with Gasteiger partial charge in [0.2, 0.25) is 0 Å². The van der Waals surface area contributed by atoms with E-state index in [1.165, 1.54) is 4.90 Å². The fourth-order valence-electron chi connectivity index (χ4n) is 4.21. The van der Waals surface area contributed by atoms with E-state index in [4.69, 9.17) is 0 Å². The SMILES string of the molecule is CCN(CC)c1ccc(-n2nc3cc(C)c(N4C(=O)c5ccccc5C4=O)cc3n2)cc1. The number of imide groups is 1. The van der Waals surface area contributed by atoms with Crippen LogP contribution in [-0.4, -0.2) is 39.9 Å². The average Bonchev–Trinajstić information content (AvgIpc) is 3.33. The van der Waals surface area contributed by atoms with Crippen molar-refractivity contribution in [1.29, 1.82) is 0 Å². The number of aryl methyl sites for hydroxylation is 1. The zero-order valence-electron chi connectivity index (χ0n) is 18.2. The summed E-state index contributed by atoms with van der Waals surface area (Å²) in [4.78, 5) is 30.9. The first-order valence-corrected chi connectivity index (χ1v) is 10.7. The standard InChI is InChI=1S/C25H23N5O2/c1-4-28(5-2)17-10-12-18(13-11-17)30-26-21-14-16(3)23(15-22(21)27-30)29-24(31)19-8-6-7-9-20(19)25(29)32/h6-15H,4-5H2,1-3H3. The van der Waals surface area contributed by atoms with Gasteiger partial charge < -0.3 is 4.90 Å². The molecular formula is C25H23N5O2. The largest absolute Gasteiger partial charge is 0.372 e. The van der Waals surface area contributed by atoms with E-state index in [1.807, 2.05) is 25.1 Å². The lowest BCUT2D eigenvalue weighted by atomic mass is 10.1. The van der Waals surface area contributed by atoms with Crippen molar-refractivity contribution in [2.75, 3.05) is 22.9 Å². The Labute approximate surface area is 185 Å². The molecule has 4 aromatic rings. The molecule has 2 amide bonds. The van der Waals surface area contributed by atoms with Gasteiger partial charge in [0.05, 0.1) is 22.5 Å². The molecule has 0 atom stereocenters. The minimum absolute atomic E-state index is 0.313. The summed E-state index contributed by atoms with van der Waals surface area (Å²) in [6.07, 6.45) is 0. The van der Waals surface area contributed by atoms with E-state index in [-0.39, 0.29) is 11.8 Å². The smallest absolute Gasteiger partial charge is 0.266 e. The summed E-state index contributed by atoms with van der Waals surface area (Å²) in [5, 5.41) is 9.22. The maximum atomic E-state index is 12.9. The molecule has 7 heteroatoms. The number of carbonyl (C=O) groups is 2. The number of fused-ring (bicyclic) bond motifs is 2. The van der Waals surface area contributed by atoms with Crippen LogP contribution in [-0.2, 0) is 0 Å². The summed E-state index contributed by atoms with van der Waals surface area (Å²) in [5.74, 6) is -0.625. The maximum absolute atomic E-state index is 12.9. The second kappa shape index (κ2) is 7.60. The second-order valence-electron chi connectivity index (χ2n) is 7.80. The molecule has 5 rings (SSSR count). The number of anilines is 2. The van der Waals surface area contributed by atoms with Crippen LogP contribution in [0.25, 0.3) is 16.7 Å². The molecule has 160 valence electrons. The Bertz CT molecular complexity index is 1320. The molecule has 0 unspecified atom stereocenters. The van der Waals surface area contributed by atoms with Gasteiger partial charge in [-0.25, -0.2) is 4.90 Å². The molecule has 0 N–H and O–H groups in total. The van der Waals surface area contributed by atoms with Crippen molar-refractivity contribution >= 4 is 34.2 Å². The number of aromatic nitrogens is 3. The van der Waals surface area contributed by atoms with Gasteiger partial charge in [0.1, 0.15) is 11.0 Å². The highest BCUT2D eigenvalue weighted by Gasteiger charge is 2.37. The van der Waals surface area contributed by atoms with E-state index in [0.717, 1.165) is 30.0 Å². The van der Waals surface area contributed by atoms with Crippen LogP contribution < -0.4 is 9.80 Å². The van der Waals surface area contributed by atoms with Gasteiger partial charge in [0.25, 0.3) is 11.8 Å². The van der Waals surface area contributed by atoms with Gasteiger partial charge in [-0.2, -0.15) is 4.80 Å². The van der Waals surface area contributed by atoms with Crippen molar-refractivity contribution in [1.82, 2.24) is 15.0 Å². The molecule has 0 radical (unpaired) electrons. The third-order valence-corrected chi connectivity index (χ3v) is 5.94. The molecule has 0 bridgehead atoms. The maximum Gasteiger partial charge on any atom is 0.266 e. The van der Waals surface area contributed by atoms with Crippen molar-refractivity contribution in [3.63, 3.8) is 0 Å². The molecule has 32 heavy (non-hydrogen) atoms. The molecule has 1 aliphatic rings. The predicted molar refractivity (Wildman–Crippen MR) is 125 cm³/mol. The van der Waals surface area contributed by atoms with Crippen LogP contribution in [0.15, 0.2) is 60.7 Å². The first-order chi connectivity index (χ1) is 15.5. The van der Waals surface area contributed by atoms with Gasteiger partial charge in [0, 0.05) is 18.8 Å². The first kappa shape index (κ1) is 19.9. The topological polar surface area (TPSA) is 71.3 Å². The molecule has 7 nitrogen and oxygen atoms in total.